The van der Waals surface area contributed by atoms with Crippen molar-refractivity contribution >= 4 is 6.29 Å². The molecule has 3 nitrogen and oxygen atoms in total. The molecule has 1 aliphatic heterocycles. The summed E-state index contributed by atoms with van der Waals surface area (Å²) < 4.78 is 5.22. The predicted molar refractivity (Wildman–Crippen MR) is 47.1 cm³/mol. The Labute approximate surface area is 73.5 Å². The second kappa shape index (κ2) is 5.27. The van der Waals surface area contributed by atoms with Gasteiger partial charge in [0.2, 0.25) is 0 Å². The molecule has 0 aliphatic carbocycles. The summed E-state index contributed by atoms with van der Waals surface area (Å²) >= 11 is 0. The average Bonchev–Trinajstić information content (AvgIpc) is 2.16. The zero-order chi connectivity index (χ0) is 8.81. The molecular weight excluding hydrogens is 154 g/mol. The van der Waals surface area contributed by atoms with E-state index in [9.17, 15) is 4.79 Å². The van der Waals surface area contributed by atoms with Gasteiger partial charge in [0.15, 0.2) is 0 Å². The third-order valence-electron chi connectivity index (χ3n) is 2.28. The summed E-state index contributed by atoms with van der Waals surface area (Å²) in [5.41, 5.74) is 0. The van der Waals surface area contributed by atoms with E-state index in [2.05, 4.69) is 5.32 Å². The molecule has 1 rings (SSSR count). The van der Waals surface area contributed by atoms with Gasteiger partial charge in [0, 0.05) is 19.3 Å². The number of carbonyl (C=O) groups is 1. The lowest BCUT2D eigenvalue weighted by atomic mass is 10.1. The minimum absolute atomic E-state index is 0.0353. The summed E-state index contributed by atoms with van der Waals surface area (Å²) in [6.45, 7) is 3.67. The quantitative estimate of drug-likeness (QED) is 0.634. The van der Waals surface area contributed by atoms with Gasteiger partial charge in [-0.05, 0) is 19.3 Å². The number of hydrogen-bond acceptors (Lipinski definition) is 3. The number of ether oxygens (including phenoxy) is 1. The van der Waals surface area contributed by atoms with E-state index >= 15 is 0 Å². The van der Waals surface area contributed by atoms with Crippen LogP contribution < -0.4 is 5.32 Å². The van der Waals surface area contributed by atoms with E-state index in [1.54, 1.807) is 0 Å². The fourth-order valence-electron chi connectivity index (χ4n) is 1.42. The van der Waals surface area contributed by atoms with Gasteiger partial charge in [0.25, 0.3) is 0 Å². The molecule has 0 spiro atoms. The number of nitrogens with one attached hydrogen (secondary N) is 1. The third kappa shape index (κ3) is 2.91. The van der Waals surface area contributed by atoms with Gasteiger partial charge in [-0.25, -0.2) is 0 Å². The molecule has 0 aromatic heterocycles. The highest BCUT2D eigenvalue weighted by atomic mass is 16.5. The first-order chi connectivity index (χ1) is 5.86. The van der Waals surface area contributed by atoms with Gasteiger partial charge in [-0.1, -0.05) is 6.92 Å². The van der Waals surface area contributed by atoms with Gasteiger partial charge in [0.1, 0.15) is 6.29 Å². The summed E-state index contributed by atoms with van der Waals surface area (Å²) in [4.78, 5) is 10.5. The Kier molecular flexibility index (Phi) is 4.25. The second-order valence-corrected chi connectivity index (χ2v) is 3.20. The van der Waals surface area contributed by atoms with Gasteiger partial charge < -0.3 is 14.8 Å². The van der Waals surface area contributed by atoms with E-state index < -0.39 is 0 Å². The number of hydrogen-bond donors (Lipinski definition) is 1. The number of aldehydes is 1. The molecule has 12 heavy (non-hydrogen) atoms. The van der Waals surface area contributed by atoms with Crippen LogP contribution >= 0.6 is 0 Å². The molecular formula is C9H17NO2. The van der Waals surface area contributed by atoms with E-state index in [1.807, 2.05) is 6.92 Å². The lowest BCUT2D eigenvalue weighted by Gasteiger charge is -2.25. The molecule has 70 valence electrons. The zero-order valence-electron chi connectivity index (χ0n) is 7.58. The van der Waals surface area contributed by atoms with Crippen LogP contribution in [0.15, 0.2) is 0 Å². The summed E-state index contributed by atoms with van der Waals surface area (Å²) in [6, 6.07) is 0.516. The molecule has 0 aromatic rings. The SMILES string of the molecule is CCC(C=O)NC1CCOCC1. The molecule has 1 atom stereocenters. The maximum absolute atomic E-state index is 10.5. The molecule has 0 saturated carbocycles. The van der Waals surface area contributed by atoms with Crippen LogP contribution in [0.5, 0.6) is 0 Å². The molecule has 1 saturated heterocycles. The standard InChI is InChI=1S/C9H17NO2/c1-2-8(7-11)10-9-3-5-12-6-4-9/h7-10H,2-6H2,1H3. The smallest absolute Gasteiger partial charge is 0.136 e. The van der Waals surface area contributed by atoms with Crippen LogP contribution in [-0.2, 0) is 9.53 Å². The van der Waals surface area contributed by atoms with Crippen molar-refractivity contribution < 1.29 is 9.53 Å². The maximum Gasteiger partial charge on any atom is 0.136 e. The molecule has 0 aromatic carbocycles. The lowest BCUT2D eigenvalue weighted by molar-refractivity contribution is -0.110. The van der Waals surface area contributed by atoms with Gasteiger partial charge in [0.05, 0.1) is 6.04 Å². The molecule has 0 amide bonds. The summed E-state index contributed by atoms with van der Waals surface area (Å²) in [5.74, 6) is 0. The highest BCUT2D eigenvalue weighted by Crippen LogP contribution is 2.07. The Morgan fingerprint density at radius 1 is 1.58 bits per heavy atom. The van der Waals surface area contributed by atoms with Crippen molar-refractivity contribution in [2.24, 2.45) is 0 Å². The summed E-state index contributed by atoms with van der Waals surface area (Å²) in [6.07, 6.45) is 3.94. The Bertz CT molecular complexity index is 132. The molecule has 1 fully saturated rings. The van der Waals surface area contributed by atoms with Crippen LogP contribution in [0.25, 0.3) is 0 Å². The molecule has 1 heterocycles. The van der Waals surface area contributed by atoms with Gasteiger partial charge >= 0.3 is 0 Å². The monoisotopic (exact) mass is 171 g/mol. The van der Waals surface area contributed by atoms with E-state index in [0.29, 0.717) is 6.04 Å². The summed E-state index contributed by atoms with van der Waals surface area (Å²) in [5, 5.41) is 3.31. The van der Waals surface area contributed by atoms with Crippen molar-refractivity contribution in [2.45, 2.75) is 38.3 Å². The fraction of sp³-hybridized carbons (Fsp3) is 0.889. The number of carbonyl (C=O) groups excluding carboxylic acids is 1. The lowest BCUT2D eigenvalue weighted by Crippen LogP contribution is -2.42. The van der Waals surface area contributed by atoms with Gasteiger partial charge in [-0.3, -0.25) is 0 Å². The van der Waals surface area contributed by atoms with Crippen LogP contribution in [-0.4, -0.2) is 31.6 Å². The van der Waals surface area contributed by atoms with Crippen molar-refractivity contribution in [3.63, 3.8) is 0 Å². The maximum atomic E-state index is 10.5. The van der Waals surface area contributed by atoms with Gasteiger partial charge in [-0.2, -0.15) is 0 Å². The van der Waals surface area contributed by atoms with Crippen molar-refractivity contribution in [1.29, 1.82) is 0 Å². The molecule has 1 aliphatic rings. The Morgan fingerprint density at radius 3 is 2.75 bits per heavy atom. The van der Waals surface area contributed by atoms with Crippen molar-refractivity contribution in [1.82, 2.24) is 5.32 Å². The largest absolute Gasteiger partial charge is 0.381 e. The molecule has 1 unspecified atom stereocenters. The molecule has 3 heteroatoms. The van der Waals surface area contributed by atoms with E-state index in [1.165, 1.54) is 0 Å². The van der Waals surface area contributed by atoms with E-state index in [-0.39, 0.29) is 6.04 Å². The predicted octanol–water partition coefficient (Wildman–Crippen LogP) is 0.732. The fourth-order valence-corrected chi connectivity index (χ4v) is 1.42. The Morgan fingerprint density at radius 2 is 2.25 bits per heavy atom. The minimum Gasteiger partial charge on any atom is -0.381 e. The molecule has 0 radical (unpaired) electrons. The highest BCUT2D eigenvalue weighted by molar-refractivity contribution is 5.57. The normalized spacial score (nSPS) is 22.1. The third-order valence-corrected chi connectivity index (χ3v) is 2.28. The average molecular weight is 171 g/mol. The summed E-state index contributed by atoms with van der Waals surface area (Å²) in [7, 11) is 0. The van der Waals surface area contributed by atoms with E-state index in [4.69, 9.17) is 4.74 Å². The van der Waals surface area contributed by atoms with Crippen molar-refractivity contribution in [3.05, 3.63) is 0 Å². The highest BCUT2D eigenvalue weighted by Gasteiger charge is 2.16. The van der Waals surface area contributed by atoms with Crippen LogP contribution in [0.4, 0.5) is 0 Å². The first kappa shape index (κ1) is 9.68. The van der Waals surface area contributed by atoms with Crippen LogP contribution in [0.1, 0.15) is 26.2 Å². The topological polar surface area (TPSA) is 38.3 Å². The van der Waals surface area contributed by atoms with Crippen LogP contribution in [0, 0.1) is 0 Å². The van der Waals surface area contributed by atoms with Crippen LogP contribution in [0.2, 0.25) is 0 Å². The second-order valence-electron chi connectivity index (χ2n) is 3.20. The van der Waals surface area contributed by atoms with Crippen molar-refractivity contribution in [3.8, 4) is 0 Å². The molecule has 1 N–H and O–H groups in total. The minimum atomic E-state index is 0.0353. The van der Waals surface area contributed by atoms with Crippen LogP contribution in [0.3, 0.4) is 0 Å². The first-order valence-electron chi connectivity index (χ1n) is 4.66. The van der Waals surface area contributed by atoms with Crippen molar-refractivity contribution in [2.75, 3.05) is 13.2 Å². The number of rotatable bonds is 4. The first-order valence-corrected chi connectivity index (χ1v) is 4.66. The Hall–Kier alpha value is -0.410. The molecule has 0 bridgehead atoms. The Balaban J connectivity index is 2.22. The zero-order valence-corrected chi connectivity index (χ0v) is 7.58. The van der Waals surface area contributed by atoms with E-state index in [0.717, 1.165) is 38.8 Å². The van der Waals surface area contributed by atoms with Gasteiger partial charge in [-0.15, -0.1) is 0 Å².